The number of amides is 1. The smallest absolute Gasteiger partial charge is 0.224 e. The summed E-state index contributed by atoms with van der Waals surface area (Å²) in [5, 5.41) is 0. The van der Waals surface area contributed by atoms with E-state index in [0.717, 1.165) is 37.3 Å². The average molecular weight is 381 g/mol. The number of rotatable bonds is 7. The fraction of sp³-hybridized carbons (Fsp3) is 0.565. The van der Waals surface area contributed by atoms with Gasteiger partial charge in [-0.3, -0.25) is 4.79 Å². The van der Waals surface area contributed by atoms with Crippen LogP contribution in [-0.4, -0.2) is 57.5 Å². The summed E-state index contributed by atoms with van der Waals surface area (Å²) >= 11 is 0. The lowest BCUT2D eigenvalue weighted by Crippen LogP contribution is -2.45. The van der Waals surface area contributed by atoms with Crippen LogP contribution < -0.4 is 0 Å². The molecule has 5 heteroatoms. The van der Waals surface area contributed by atoms with E-state index in [1.165, 1.54) is 38.8 Å². The number of aryl methyl sites for hydroxylation is 1. The molecular formula is C23H32N4O. The van der Waals surface area contributed by atoms with Crippen molar-refractivity contribution in [2.75, 3.05) is 26.2 Å². The molecule has 2 aromatic rings. The predicted octanol–water partition coefficient (Wildman–Crippen LogP) is 3.81. The minimum absolute atomic E-state index is 0.304. The molecule has 2 aliphatic heterocycles. The molecule has 4 rings (SSSR count). The zero-order chi connectivity index (χ0) is 19.2. The van der Waals surface area contributed by atoms with Gasteiger partial charge < -0.3 is 14.4 Å². The number of likely N-dealkylation sites (tertiary alicyclic amines) is 2. The largest absolute Gasteiger partial charge is 0.340 e. The molecule has 0 N–H and O–H groups in total. The van der Waals surface area contributed by atoms with Crippen molar-refractivity contribution in [2.45, 2.75) is 57.5 Å². The molecule has 2 fully saturated rings. The number of nitrogens with zero attached hydrogens (tertiary/aromatic N) is 4. The first kappa shape index (κ1) is 19.2. The van der Waals surface area contributed by atoms with E-state index in [1.807, 2.05) is 30.6 Å². The number of hydrogen-bond donors (Lipinski definition) is 0. The summed E-state index contributed by atoms with van der Waals surface area (Å²) in [5.74, 6) is 1.25. The van der Waals surface area contributed by atoms with Crippen molar-refractivity contribution in [1.82, 2.24) is 19.4 Å². The summed E-state index contributed by atoms with van der Waals surface area (Å²) < 4.78 is 2.11. The van der Waals surface area contributed by atoms with Crippen molar-refractivity contribution in [1.29, 1.82) is 0 Å². The average Bonchev–Trinajstić information content (AvgIpc) is 3.43. The zero-order valence-electron chi connectivity index (χ0n) is 16.8. The van der Waals surface area contributed by atoms with Crippen LogP contribution in [0.4, 0.5) is 0 Å². The first-order chi connectivity index (χ1) is 13.8. The molecule has 150 valence electrons. The van der Waals surface area contributed by atoms with Crippen molar-refractivity contribution < 1.29 is 4.79 Å². The van der Waals surface area contributed by atoms with Crippen LogP contribution in [0.2, 0.25) is 0 Å². The van der Waals surface area contributed by atoms with E-state index in [4.69, 9.17) is 0 Å². The summed E-state index contributed by atoms with van der Waals surface area (Å²) in [6, 6.07) is 10.6. The summed E-state index contributed by atoms with van der Waals surface area (Å²) in [5.41, 5.74) is 1.10. The molecule has 1 amide bonds. The maximum atomic E-state index is 13.0. The first-order valence-electron chi connectivity index (χ1n) is 10.9. The van der Waals surface area contributed by atoms with Crippen LogP contribution in [0, 0.1) is 0 Å². The fourth-order valence-electron chi connectivity index (χ4n) is 4.66. The maximum absolute atomic E-state index is 13.0. The van der Waals surface area contributed by atoms with Gasteiger partial charge in [-0.2, -0.15) is 0 Å². The van der Waals surface area contributed by atoms with Gasteiger partial charge in [-0.05, 0) is 51.6 Å². The molecule has 2 saturated heterocycles. The molecule has 1 aromatic carbocycles. The van der Waals surface area contributed by atoms with Crippen LogP contribution in [0.25, 0.3) is 11.4 Å². The van der Waals surface area contributed by atoms with Gasteiger partial charge in [-0.15, -0.1) is 0 Å². The van der Waals surface area contributed by atoms with Gasteiger partial charge in [0.25, 0.3) is 0 Å². The molecule has 0 unspecified atom stereocenters. The monoisotopic (exact) mass is 380 g/mol. The Balaban J connectivity index is 1.34. The van der Waals surface area contributed by atoms with Gasteiger partial charge in [-0.1, -0.05) is 30.3 Å². The number of benzene rings is 1. The number of carbonyl (C=O) groups is 1. The minimum Gasteiger partial charge on any atom is -0.340 e. The number of aromatic nitrogens is 2. The van der Waals surface area contributed by atoms with E-state index >= 15 is 0 Å². The standard InChI is InChI=1S/C23H32N4O/c28-22(12-18-26-19-13-24-23(26)20-8-2-1-3-9-20)27-16-5-4-10-21(27)11-17-25-14-6-7-15-25/h1-3,8-9,13,19,21H,4-7,10-12,14-18H2/t21-/m1/s1. The van der Waals surface area contributed by atoms with E-state index in [1.54, 1.807) is 0 Å². The van der Waals surface area contributed by atoms with Gasteiger partial charge in [0.2, 0.25) is 5.91 Å². The number of piperidine rings is 1. The Morgan fingerprint density at radius 3 is 2.61 bits per heavy atom. The third kappa shape index (κ3) is 4.64. The third-order valence-electron chi connectivity index (χ3n) is 6.24. The van der Waals surface area contributed by atoms with Crippen LogP contribution in [0.15, 0.2) is 42.7 Å². The SMILES string of the molecule is O=C(CCn1ccnc1-c1ccccc1)N1CCCC[C@@H]1CCN1CCCC1. The van der Waals surface area contributed by atoms with Crippen LogP contribution in [0.3, 0.4) is 0 Å². The van der Waals surface area contributed by atoms with Gasteiger partial charge >= 0.3 is 0 Å². The molecule has 3 heterocycles. The van der Waals surface area contributed by atoms with Gasteiger partial charge in [0, 0.05) is 50.1 Å². The van der Waals surface area contributed by atoms with E-state index in [0.29, 0.717) is 24.9 Å². The predicted molar refractivity (Wildman–Crippen MR) is 112 cm³/mol. The van der Waals surface area contributed by atoms with Gasteiger partial charge in [0.15, 0.2) is 0 Å². The molecule has 0 spiro atoms. The summed E-state index contributed by atoms with van der Waals surface area (Å²) in [4.78, 5) is 22.3. The number of hydrogen-bond acceptors (Lipinski definition) is 3. The molecule has 1 aromatic heterocycles. The van der Waals surface area contributed by atoms with Crippen molar-refractivity contribution in [2.24, 2.45) is 0 Å². The molecule has 0 radical (unpaired) electrons. The lowest BCUT2D eigenvalue weighted by molar-refractivity contribution is -0.135. The Labute approximate surface area is 168 Å². The highest BCUT2D eigenvalue weighted by Gasteiger charge is 2.27. The Bertz CT molecular complexity index is 751. The molecule has 5 nitrogen and oxygen atoms in total. The highest BCUT2D eigenvalue weighted by atomic mass is 16.2. The molecule has 28 heavy (non-hydrogen) atoms. The number of carbonyl (C=O) groups excluding carboxylic acids is 1. The number of imidazole rings is 1. The minimum atomic E-state index is 0.304. The van der Waals surface area contributed by atoms with Crippen molar-refractivity contribution >= 4 is 5.91 Å². The molecule has 0 bridgehead atoms. The normalized spacial score (nSPS) is 20.6. The second kappa shape index (κ2) is 9.37. The first-order valence-corrected chi connectivity index (χ1v) is 10.9. The van der Waals surface area contributed by atoms with Gasteiger partial charge in [-0.25, -0.2) is 4.98 Å². The second-order valence-electron chi connectivity index (χ2n) is 8.13. The van der Waals surface area contributed by atoms with Crippen LogP contribution >= 0.6 is 0 Å². The van der Waals surface area contributed by atoms with Crippen molar-refractivity contribution in [3.05, 3.63) is 42.7 Å². The van der Waals surface area contributed by atoms with Crippen molar-refractivity contribution in [3.63, 3.8) is 0 Å². The Hall–Kier alpha value is -2.14. The topological polar surface area (TPSA) is 41.4 Å². The van der Waals surface area contributed by atoms with Crippen LogP contribution in [0.5, 0.6) is 0 Å². The molecule has 1 atom stereocenters. The third-order valence-corrected chi connectivity index (χ3v) is 6.24. The lowest BCUT2D eigenvalue weighted by Gasteiger charge is -2.37. The Kier molecular flexibility index (Phi) is 6.42. The van der Waals surface area contributed by atoms with E-state index in [-0.39, 0.29) is 0 Å². The van der Waals surface area contributed by atoms with Crippen LogP contribution in [-0.2, 0) is 11.3 Å². The molecule has 2 aliphatic rings. The highest BCUT2D eigenvalue weighted by molar-refractivity contribution is 5.76. The van der Waals surface area contributed by atoms with E-state index in [9.17, 15) is 4.79 Å². The Morgan fingerprint density at radius 1 is 1.00 bits per heavy atom. The van der Waals surface area contributed by atoms with E-state index < -0.39 is 0 Å². The van der Waals surface area contributed by atoms with Gasteiger partial charge in [0.1, 0.15) is 5.82 Å². The van der Waals surface area contributed by atoms with Crippen molar-refractivity contribution in [3.8, 4) is 11.4 Å². The summed E-state index contributed by atoms with van der Waals surface area (Å²) in [6.07, 6.45) is 11.7. The zero-order valence-corrected chi connectivity index (χ0v) is 16.8. The van der Waals surface area contributed by atoms with Gasteiger partial charge in [0.05, 0.1) is 0 Å². The molecular weight excluding hydrogens is 348 g/mol. The second-order valence-corrected chi connectivity index (χ2v) is 8.13. The highest BCUT2D eigenvalue weighted by Crippen LogP contribution is 2.23. The summed E-state index contributed by atoms with van der Waals surface area (Å²) in [7, 11) is 0. The lowest BCUT2D eigenvalue weighted by atomic mass is 9.98. The maximum Gasteiger partial charge on any atom is 0.224 e. The molecule has 0 saturated carbocycles. The fourth-order valence-corrected chi connectivity index (χ4v) is 4.66. The molecule has 0 aliphatic carbocycles. The quantitative estimate of drug-likeness (QED) is 0.733. The Morgan fingerprint density at radius 2 is 1.79 bits per heavy atom. The summed E-state index contributed by atoms with van der Waals surface area (Å²) in [6.45, 7) is 5.25. The van der Waals surface area contributed by atoms with Crippen LogP contribution in [0.1, 0.15) is 44.9 Å². The van der Waals surface area contributed by atoms with E-state index in [2.05, 4.69) is 31.5 Å².